The molecule has 0 aliphatic rings. The van der Waals surface area contributed by atoms with Crippen molar-refractivity contribution in [1.82, 2.24) is 15.0 Å². The molecule has 1 amide bonds. The summed E-state index contributed by atoms with van der Waals surface area (Å²) in [7, 11) is 0. The molecule has 0 atom stereocenters. The van der Waals surface area contributed by atoms with E-state index in [-0.39, 0.29) is 22.0 Å². The standard InChI is InChI=1S/C18H12ClN5O6/c19-13-3-1-2-4-14(13)23-17(27)12(16(26)21-18(23)28)9-20-22-15(25)10-5-7-11(8-6-10)24(29)30/h1-9,27H,(H,22,25)(H,21,26,28). The van der Waals surface area contributed by atoms with Crippen LogP contribution in [-0.4, -0.2) is 31.7 Å². The van der Waals surface area contributed by atoms with Crippen molar-refractivity contribution in [2.24, 2.45) is 5.10 Å². The number of amides is 1. The number of aromatic amines is 1. The lowest BCUT2D eigenvalue weighted by atomic mass is 10.2. The number of aromatic nitrogens is 2. The molecule has 1 aromatic heterocycles. The summed E-state index contributed by atoms with van der Waals surface area (Å²) in [6, 6.07) is 10.9. The number of rotatable bonds is 5. The molecule has 0 fully saturated rings. The molecule has 0 unspecified atom stereocenters. The van der Waals surface area contributed by atoms with E-state index in [0.29, 0.717) is 0 Å². The molecule has 0 aliphatic heterocycles. The molecule has 2 aromatic carbocycles. The Hall–Kier alpha value is -4.25. The predicted molar refractivity (Wildman–Crippen MR) is 107 cm³/mol. The molecule has 152 valence electrons. The lowest BCUT2D eigenvalue weighted by molar-refractivity contribution is -0.384. The third kappa shape index (κ3) is 4.10. The highest BCUT2D eigenvalue weighted by atomic mass is 35.5. The van der Waals surface area contributed by atoms with E-state index < -0.39 is 33.5 Å². The number of carbonyl (C=O) groups is 1. The zero-order valence-corrected chi connectivity index (χ0v) is 15.7. The molecule has 0 spiro atoms. The molecule has 0 saturated carbocycles. The van der Waals surface area contributed by atoms with Gasteiger partial charge >= 0.3 is 5.69 Å². The number of aromatic hydroxyl groups is 1. The van der Waals surface area contributed by atoms with Crippen LogP contribution >= 0.6 is 11.6 Å². The largest absolute Gasteiger partial charge is 0.493 e. The average Bonchev–Trinajstić information content (AvgIpc) is 2.71. The van der Waals surface area contributed by atoms with Crippen LogP contribution in [0.1, 0.15) is 15.9 Å². The summed E-state index contributed by atoms with van der Waals surface area (Å²) in [5.74, 6) is -1.44. The molecule has 0 radical (unpaired) electrons. The van der Waals surface area contributed by atoms with Crippen molar-refractivity contribution in [3.63, 3.8) is 0 Å². The first kappa shape index (κ1) is 20.5. The minimum atomic E-state index is -0.936. The number of halogens is 1. The van der Waals surface area contributed by atoms with E-state index in [2.05, 4.69) is 10.5 Å². The molecule has 3 aromatic rings. The Kier molecular flexibility index (Phi) is 5.74. The third-order valence-electron chi connectivity index (χ3n) is 3.91. The summed E-state index contributed by atoms with van der Waals surface area (Å²) in [4.78, 5) is 48.3. The highest BCUT2D eigenvalue weighted by Gasteiger charge is 2.16. The van der Waals surface area contributed by atoms with Gasteiger partial charge < -0.3 is 5.11 Å². The number of hydrogen-bond acceptors (Lipinski definition) is 7. The van der Waals surface area contributed by atoms with Gasteiger partial charge in [0.15, 0.2) is 0 Å². The lowest BCUT2D eigenvalue weighted by Crippen LogP contribution is -2.31. The predicted octanol–water partition coefficient (Wildman–Crippen LogP) is 1.56. The van der Waals surface area contributed by atoms with Gasteiger partial charge in [0.2, 0.25) is 5.88 Å². The zero-order chi connectivity index (χ0) is 21.8. The van der Waals surface area contributed by atoms with Gasteiger partial charge in [-0.25, -0.2) is 14.8 Å². The molecule has 30 heavy (non-hydrogen) atoms. The number of benzene rings is 2. The summed E-state index contributed by atoms with van der Waals surface area (Å²) in [6.45, 7) is 0. The quantitative estimate of drug-likeness (QED) is 0.317. The monoisotopic (exact) mass is 429 g/mol. The Morgan fingerprint density at radius 3 is 2.50 bits per heavy atom. The maximum atomic E-state index is 12.1. The maximum Gasteiger partial charge on any atom is 0.335 e. The van der Waals surface area contributed by atoms with Crippen molar-refractivity contribution in [2.45, 2.75) is 0 Å². The van der Waals surface area contributed by atoms with Crippen LogP contribution in [0.4, 0.5) is 5.69 Å². The molecule has 0 aliphatic carbocycles. The number of carbonyl (C=O) groups excluding carboxylic acids is 1. The number of hydrazone groups is 1. The second-order valence-electron chi connectivity index (χ2n) is 5.79. The fourth-order valence-electron chi connectivity index (χ4n) is 2.47. The zero-order valence-electron chi connectivity index (χ0n) is 14.9. The second-order valence-corrected chi connectivity index (χ2v) is 6.19. The van der Waals surface area contributed by atoms with Gasteiger partial charge in [-0.1, -0.05) is 23.7 Å². The van der Waals surface area contributed by atoms with Crippen molar-refractivity contribution >= 4 is 29.4 Å². The molecule has 3 rings (SSSR count). The van der Waals surface area contributed by atoms with Crippen LogP contribution < -0.4 is 16.7 Å². The van der Waals surface area contributed by atoms with Gasteiger partial charge in [-0.05, 0) is 24.3 Å². The Bertz CT molecular complexity index is 1280. The van der Waals surface area contributed by atoms with Gasteiger partial charge in [0.25, 0.3) is 17.2 Å². The van der Waals surface area contributed by atoms with E-state index in [1.54, 1.807) is 12.1 Å². The molecule has 0 saturated heterocycles. The minimum absolute atomic E-state index is 0.0805. The minimum Gasteiger partial charge on any atom is -0.493 e. The summed E-state index contributed by atoms with van der Waals surface area (Å²) in [6.07, 6.45) is 0.851. The first-order chi connectivity index (χ1) is 14.3. The van der Waals surface area contributed by atoms with E-state index in [9.17, 15) is 29.6 Å². The number of hydrogen-bond donors (Lipinski definition) is 3. The number of H-pyrrole nitrogens is 1. The van der Waals surface area contributed by atoms with Crippen LogP contribution in [0.25, 0.3) is 5.69 Å². The van der Waals surface area contributed by atoms with E-state index >= 15 is 0 Å². The van der Waals surface area contributed by atoms with Crippen molar-refractivity contribution in [3.05, 3.63) is 95.6 Å². The number of nitro benzene ring substituents is 1. The highest BCUT2D eigenvalue weighted by Crippen LogP contribution is 2.22. The van der Waals surface area contributed by atoms with Crippen molar-refractivity contribution in [2.75, 3.05) is 0 Å². The van der Waals surface area contributed by atoms with E-state index in [4.69, 9.17) is 11.6 Å². The Morgan fingerprint density at radius 2 is 1.87 bits per heavy atom. The number of non-ortho nitro benzene ring substituents is 1. The normalized spacial score (nSPS) is 10.8. The first-order valence-corrected chi connectivity index (χ1v) is 8.58. The number of nitro groups is 1. The van der Waals surface area contributed by atoms with Gasteiger partial charge in [-0.2, -0.15) is 5.10 Å². The maximum absolute atomic E-state index is 12.1. The van der Waals surface area contributed by atoms with Gasteiger partial charge in [0, 0.05) is 17.7 Å². The number of para-hydroxylation sites is 1. The lowest BCUT2D eigenvalue weighted by Gasteiger charge is -2.10. The first-order valence-electron chi connectivity index (χ1n) is 8.20. The average molecular weight is 430 g/mol. The molecule has 11 nitrogen and oxygen atoms in total. The van der Waals surface area contributed by atoms with Gasteiger partial charge in [-0.3, -0.25) is 24.7 Å². The molecular formula is C18H12ClN5O6. The Balaban J connectivity index is 1.89. The third-order valence-corrected chi connectivity index (χ3v) is 4.23. The van der Waals surface area contributed by atoms with Crippen molar-refractivity contribution in [3.8, 4) is 11.6 Å². The van der Waals surface area contributed by atoms with E-state index in [0.717, 1.165) is 22.9 Å². The Labute approximate surface area is 172 Å². The van der Waals surface area contributed by atoms with Crippen molar-refractivity contribution < 1.29 is 14.8 Å². The Morgan fingerprint density at radius 1 is 1.20 bits per heavy atom. The van der Waals surface area contributed by atoms with Crippen LogP contribution in [0.3, 0.4) is 0 Å². The van der Waals surface area contributed by atoms with E-state index in [1.165, 1.54) is 24.3 Å². The topological polar surface area (TPSA) is 160 Å². The molecule has 3 N–H and O–H groups in total. The number of nitrogens with zero attached hydrogens (tertiary/aromatic N) is 3. The van der Waals surface area contributed by atoms with Gasteiger partial charge in [-0.15, -0.1) is 0 Å². The molecule has 12 heteroatoms. The summed E-state index contributed by atoms with van der Waals surface area (Å²) < 4.78 is 0.781. The number of nitrogens with one attached hydrogen (secondary N) is 2. The molecule has 1 heterocycles. The second kappa shape index (κ2) is 8.41. The highest BCUT2D eigenvalue weighted by molar-refractivity contribution is 6.32. The van der Waals surface area contributed by atoms with Crippen LogP contribution in [-0.2, 0) is 0 Å². The molecule has 0 bridgehead atoms. The fourth-order valence-corrected chi connectivity index (χ4v) is 2.69. The van der Waals surface area contributed by atoms with Crippen LogP contribution in [0, 0.1) is 10.1 Å². The fraction of sp³-hybridized carbons (Fsp3) is 0. The van der Waals surface area contributed by atoms with Crippen molar-refractivity contribution in [1.29, 1.82) is 0 Å². The van der Waals surface area contributed by atoms with E-state index in [1.807, 2.05) is 4.98 Å². The SMILES string of the molecule is O=C(NN=Cc1c(O)n(-c2ccccc2Cl)c(=O)[nH]c1=O)c1ccc([N+](=O)[O-])cc1. The summed E-state index contributed by atoms with van der Waals surface area (Å²) in [5, 5.41) is 24.8. The van der Waals surface area contributed by atoms with Gasteiger partial charge in [0.05, 0.1) is 21.8 Å². The molecular weight excluding hydrogens is 418 g/mol. The van der Waals surface area contributed by atoms with Gasteiger partial charge in [0.1, 0.15) is 5.56 Å². The smallest absolute Gasteiger partial charge is 0.335 e. The van der Waals surface area contributed by atoms with Crippen LogP contribution in [0.5, 0.6) is 5.88 Å². The summed E-state index contributed by atoms with van der Waals surface area (Å²) in [5.41, 5.74) is -0.119. The summed E-state index contributed by atoms with van der Waals surface area (Å²) >= 11 is 6.04. The van der Waals surface area contributed by atoms with Crippen LogP contribution in [0.2, 0.25) is 5.02 Å². The van der Waals surface area contributed by atoms with Crippen LogP contribution in [0.15, 0.2) is 63.2 Å².